The number of aryl methyl sites for hydroxylation is 8. The maximum Gasteiger partial charge on any atom is 0.164 e. The average molecular weight is 1270 g/mol. The fourth-order valence-electron chi connectivity index (χ4n) is 16.1. The first-order chi connectivity index (χ1) is 48.4. The van der Waals surface area contributed by atoms with Crippen LogP contribution >= 0.6 is 0 Å². The molecule has 0 N–H and O–H groups in total. The molecule has 0 aliphatic rings. The Kier molecular flexibility index (Phi) is 12.9. The smallest absolute Gasteiger partial charge is 0.164 e. The summed E-state index contributed by atoms with van der Waals surface area (Å²) in [6, 6.07) is 99.1. The second-order valence-electron chi connectivity index (χ2n) is 27.4. The topological polar surface area (TPSA) is 63.3 Å². The molecular formula is C91H68N8. The fourth-order valence-corrected chi connectivity index (χ4v) is 16.1. The Morgan fingerprint density at radius 1 is 0.222 bits per heavy atom. The van der Waals surface area contributed by atoms with Crippen molar-refractivity contribution in [1.82, 2.24) is 37.8 Å². The molecule has 0 aliphatic carbocycles. The van der Waals surface area contributed by atoms with Gasteiger partial charge in [-0.3, -0.25) is 4.57 Å². The van der Waals surface area contributed by atoms with Gasteiger partial charge in [-0.15, -0.1) is 0 Å². The molecule has 19 rings (SSSR count). The lowest BCUT2D eigenvalue weighted by Crippen LogP contribution is -2.18. The zero-order chi connectivity index (χ0) is 66.6. The standard InChI is InChI=1S/C91H68N8/c1-53-28-36-75-64(44-53)65-45-54(2)29-37-76(65)96(75)86-84(90-92-73(61-20-12-9-13-21-61)52-74(93-90)62-22-14-10-15-23-62)87(97-77-38-30-55(3)46-66(77)67-47-56(4)31-39-78(67)97)89(99-81-42-34-59(7)50-70(81)71-51-60(8)35-43-82(71)99)88(98-79-40-32-57(5)48-68(79)69-49-58(6)33-41-80(69)98)85(86)91-94-72-26-18-19-27-83(72)95(91)63-24-16-11-17-25-63/h9-52H,1-8H3. The number of hydrogen-bond acceptors (Lipinski definition) is 3. The fraction of sp³-hybridized carbons (Fsp3) is 0.0879. The summed E-state index contributed by atoms with van der Waals surface area (Å²) in [5, 5.41) is 9.17. The van der Waals surface area contributed by atoms with Gasteiger partial charge >= 0.3 is 0 Å². The largest absolute Gasteiger partial charge is 0.308 e. The van der Waals surface area contributed by atoms with Crippen molar-refractivity contribution in [2.24, 2.45) is 0 Å². The molecule has 8 nitrogen and oxygen atoms in total. The number of hydrogen-bond donors (Lipinski definition) is 0. The highest BCUT2D eigenvalue weighted by atomic mass is 15.2. The Balaban J connectivity index is 1.22. The monoisotopic (exact) mass is 1270 g/mol. The van der Waals surface area contributed by atoms with Gasteiger partial charge in [0.1, 0.15) is 5.82 Å². The minimum absolute atomic E-state index is 0.543. The molecule has 0 saturated heterocycles. The normalized spacial score (nSPS) is 12.0. The van der Waals surface area contributed by atoms with Gasteiger partial charge in [0.2, 0.25) is 0 Å². The summed E-state index contributed by atoms with van der Waals surface area (Å²) in [6.45, 7) is 17.7. The molecule has 8 heteroatoms. The number of imidazole rings is 1. The van der Waals surface area contributed by atoms with Gasteiger partial charge in [-0.25, -0.2) is 15.0 Å². The van der Waals surface area contributed by atoms with Crippen molar-refractivity contribution in [3.8, 4) is 73.7 Å². The molecule has 0 spiro atoms. The Hall–Kier alpha value is -12.4. The Morgan fingerprint density at radius 2 is 0.515 bits per heavy atom. The van der Waals surface area contributed by atoms with Crippen molar-refractivity contribution < 1.29 is 0 Å². The summed E-state index contributed by atoms with van der Waals surface area (Å²) >= 11 is 0. The summed E-state index contributed by atoms with van der Waals surface area (Å²) in [7, 11) is 0. The molecule has 0 unspecified atom stereocenters. The molecule has 13 aromatic carbocycles. The second kappa shape index (κ2) is 22.1. The number of benzene rings is 13. The molecule has 19 aromatic rings. The van der Waals surface area contributed by atoms with E-state index in [-0.39, 0.29) is 0 Å². The zero-order valence-electron chi connectivity index (χ0n) is 56.5. The predicted octanol–water partition coefficient (Wildman–Crippen LogP) is 23.3. The quantitative estimate of drug-likeness (QED) is 0.145. The second-order valence-corrected chi connectivity index (χ2v) is 27.4. The summed E-state index contributed by atoms with van der Waals surface area (Å²) in [6.07, 6.45) is 0. The number of para-hydroxylation sites is 3. The van der Waals surface area contributed by atoms with Crippen LogP contribution in [0.3, 0.4) is 0 Å². The van der Waals surface area contributed by atoms with Gasteiger partial charge in [0, 0.05) is 59.9 Å². The van der Waals surface area contributed by atoms with Gasteiger partial charge in [0.05, 0.1) is 100 Å². The zero-order valence-corrected chi connectivity index (χ0v) is 56.5. The minimum Gasteiger partial charge on any atom is -0.308 e. The molecule has 0 radical (unpaired) electrons. The summed E-state index contributed by atoms with van der Waals surface area (Å²) in [4.78, 5) is 18.6. The summed E-state index contributed by atoms with van der Waals surface area (Å²) in [5.41, 5.74) is 29.4. The first-order valence-corrected chi connectivity index (χ1v) is 34.2. The van der Waals surface area contributed by atoms with Crippen molar-refractivity contribution in [3.63, 3.8) is 0 Å². The SMILES string of the molecule is Cc1ccc2c(c1)c1cc(C)ccc1n2-c1c(-c2nc(-c3ccccc3)cc(-c3ccccc3)n2)c(-n2c3ccc(C)cc3c3cc(C)ccc32)c(-n2c3ccc(C)cc3c3cc(C)ccc32)c(-n2c3ccc(C)cc3c3cc(C)ccc32)c1-c1nc2ccccc2n1-c1ccccc1. The van der Waals surface area contributed by atoms with Gasteiger partial charge in [-0.2, -0.15) is 0 Å². The van der Waals surface area contributed by atoms with Crippen LogP contribution in [0.1, 0.15) is 44.5 Å². The van der Waals surface area contributed by atoms with Crippen molar-refractivity contribution in [2.75, 3.05) is 0 Å². The Labute approximate surface area is 573 Å². The predicted molar refractivity (Wildman–Crippen MR) is 414 cm³/mol. The third-order valence-corrected chi connectivity index (χ3v) is 20.5. The van der Waals surface area contributed by atoms with Crippen LogP contribution in [0.5, 0.6) is 0 Å². The van der Waals surface area contributed by atoms with E-state index in [1.54, 1.807) is 0 Å². The maximum atomic E-state index is 6.20. The van der Waals surface area contributed by atoms with E-state index >= 15 is 0 Å². The van der Waals surface area contributed by atoms with Crippen LogP contribution in [-0.2, 0) is 0 Å². The van der Waals surface area contributed by atoms with Gasteiger partial charge in [-0.1, -0.05) is 184 Å². The van der Waals surface area contributed by atoms with Gasteiger partial charge in [-0.05, 0) is 183 Å². The molecule has 0 fully saturated rings. The molecule has 0 amide bonds. The highest BCUT2D eigenvalue weighted by Gasteiger charge is 2.39. The number of nitrogens with zero attached hydrogens (tertiary/aromatic N) is 8. The lowest BCUT2D eigenvalue weighted by Gasteiger charge is -2.31. The average Bonchev–Trinajstić information content (AvgIpc) is 1.59. The third-order valence-electron chi connectivity index (χ3n) is 20.5. The number of fused-ring (bicyclic) bond motifs is 13. The van der Waals surface area contributed by atoms with E-state index in [2.05, 4.69) is 345 Å². The molecule has 6 heterocycles. The molecule has 99 heavy (non-hydrogen) atoms. The maximum absolute atomic E-state index is 6.20. The van der Waals surface area contributed by atoms with E-state index in [0.717, 1.165) is 166 Å². The molecule has 0 bridgehead atoms. The van der Waals surface area contributed by atoms with Crippen LogP contribution in [0.2, 0.25) is 0 Å². The van der Waals surface area contributed by atoms with Gasteiger partial charge < -0.3 is 18.3 Å². The van der Waals surface area contributed by atoms with Crippen LogP contribution in [0.4, 0.5) is 0 Å². The molecule has 0 atom stereocenters. The molecule has 6 aromatic heterocycles. The molecule has 0 saturated carbocycles. The van der Waals surface area contributed by atoms with Crippen molar-refractivity contribution >= 4 is 98.3 Å². The van der Waals surface area contributed by atoms with E-state index in [9.17, 15) is 0 Å². The van der Waals surface area contributed by atoms with Crippen LogP contribution in [0.15, 0.2) is 267 Å². The minimum atomic E-state index is 0.543. The van der Waals surface area contributed by atoms with Crippen LogP contribution < -0.4 is 0 Å². The first-order valence-electron chi connectivity index (χ1n) is 34.2. The molecule has 0 aliphatic heterocycles. The Bertz CT molecular complexity index is 6320. The van der Waals surface area contributed by atoms with Crippen LogP contribution in [0.25, 0.3) is 172 Å². The van der Waals surface area contributed by atoms with Crippen molar-refractivity contribution in [2.45, 2.75) is 55.4 Å². The highest BCUT2D eigenvalue weighted by molar-refractivity contribution is 6.19. The van der Waals surface area contributed by atoms with Crippen molar-refractivity contribution in [3.05, 3.63) is 311 Å². The molecule has 472 valence electrons. The van der Waals surface area contributed by atoms with Crippen molar-refractivity contribution in [1.29, 1.82) is 0 Å². The third kappa shape index (κ3) is 8.95. The lowest BCUT2D eigenvalue weighted by atomic mass is 9.95. The summed E-state index contributed by atoms with van der Waals surface area (Å²) in [5.74, 6) is 1.29. The van der Waals surface area contributed by atoms with E-state index < -0.39 is 0 Å². The molecular weight excluding hydrogens is 1210 g/mol. The number of aromatic nitrogens is 8. The van der Waals surface area contributed by atoms with Crippen LogP contribution in [0, 0.1) is 55.4 Å². The Morgan fingerprint density at radius 3 is 0.869 bits per heavy atom. The van der Waals surface area contributed by atoms with E-state index in [1.807, 2.05) is 0 Å². The number of rotatable bonds is 9. The first kappa shape index (κ1) is 58.0. The van der Waals surface area contributed by atoms with E-state index in [1.165, 1.54) is 44.5 Å². The van der Waals surface area contributed by atoms with Gasteiger partial charge in [0.25, 0.3) is 0 Å². The van der Waals surface area contributed by atoms with E-state index in [0.29, 0.717) is 5.82 Å². The highest BCUT2D eigenvalue weighted by Crippen LogP contribution is 2.55. The lowest BCUT2D eigenvalue weighted by molar-refractivity contribution is 1.01. The van der Waals surface area contributed by atoms with Crippen LogP contribution in [-0.4, -0.2) is 37.8 Å². The summed E-state index contributed by atoms with van der Waals surface area (Å²) < 4.78 is 12.8. The van der Waals surface area contributed by atoms with Gasteiger partial charge in [0.15, 0.2) is 5.82 Å². The van der Waals surface area contributed by atoms with E-state index in [4.69, 9.17) is 15.0 Å².